The van der Waals surface area contributed by atoms with Gasteiger partial charge < -0.3 is 9.47 Å². The molecule has 2 aromatic carbocycles. The van der Waals surface area contributed by atoms with Crippen LogP contribution in [0.15, 0.2) is 65.6 Å². The van der Waals surface area contributed by atoms with E-state index in [4.69, 9.17) is 9.47 Å². The van der Waals surface area contributed by atoms with E-state index < -0.39 is 5.82 Å². The van der Waals surface area contributed by atoms with Crippen LogP contribution in [0.4, 0.5) is 8.78 Å². The smallest absolute Gasteiger partial charge is 0.322 e. The lowest BCUT2D eigenvalue weighted by molar-refractivity contribution is 0.106. The van der Waals surface area contributed by atoms with Crippen molar-refractivity contribution in [2.45, 2.75) is 13.5 Å². The first-order valence-electron chi connectivity index (χ1n) is 11.3. The second kappa shape index (κ2) is 9.67. The summed E-state index contributed by atoms with van der Waals surface area (Å²) in [4.78, 5) is 24.2. The highest BCUT2D eigenvalue weighted by molar-refractivity contribution is 5.79. The van der Waals surface area contributed by atoms with Crippen LogP contribution < -0.4 is 15.3 Å². The molecule has 1 fully saturated rings. The maximum absolute atomic E-state index is 13.7. The summed E-state index contributed by atoms with van der Waals surface area (Å²) in [6.07, 6.45) is 1.53. The maximum atomic E-state index is 13.7. The third kappa shape index (κ3) is 4.52. The fourth-order valence-corrected chi connectivity index (χ4v) is 4.09. The van der Waals surface area contributed by atoms with Crippen molar-refractivity contribution in [3.63, 3.8) is 0 Å². The van der Waals surface area contributed by atoms with Gasteiger partial charge in [0.25, 0.3) is 5.56 Å². The maximum Gasteiger partial charge on any atom is 0.322 e. The zero-order valence-corrected chi connectivity index (χ0v) is 19.0. The quantitative estimate of drug-likeness (QED) is 0.419. The Morgan fingerprint density at radius 2 is 1.63 bits per heavy atom. The van der Waals surface area contributed by atoms with Gasteiger partial charge in [0.2, 0.25) is 0 Å². The second-order valence-electron chi connectivity index (χ2n) is 7.89. The van der Waals surface area contributed by atoms with Gasteiger partial charge in [0, 0.05) is 12.7 Å². The zero-order valence-electron chi connectivity index (χ0n) is 19.0. The number of rotatable bonds is 6. The van der Waals surface area contributed by atoms with Crippen molar-refractivity contribution < 1.29 is 18.3 Å². The summed E-state index contributed by atoms with van der Waals surface area (Å²) in [5.41, 5.74) is 1.73. The average Bonchev–Trinajstić information content (AvgIpc) is 3.18. The van der Waals surface area contributed by atoms with Crippen LogP contribution in [0.2, 0.25) is 0 Å². The molecule has 0 aliphatic carbocycles. The molecule has 0 spiro atoms. The number of halogens is 2. The lowest BCUT2D eigenvalue weighted by Gasteiger charge is -2.32. The third-order valence-corrected chi connectivity index (χ3v) is 5.70. The molecule has 0 amide bonds. The fraction of sp³-hybridized carbons (Fsp3) is 0.240. The normalized spacial score (nSPS) is 13.7. The number of hydrogen-bond acceptors (Lipinski definition) is 6. The lowest BCUT2D eigenvalue weighted by Crippen LogP contribution is -2.48. The highest BCUT2D eigenvalue weighted by Gasteiger charge is 2.27. The number of nitrogens with zero attached hydrogens (tertiary/aromatic N) is 5. The first-order valence-corrected chi connectivity index (χ1v) is 11.3. The van der Waals surface area contributed by atoms with Gasteiger partial charge in [-0.15, -0.1) is 0 Å². The molecule has 0 atom stereocenters. The molecule has 1 saturated heterocycles. The summed E-state index contributed by atoms with van der Waals surface area (Å²) in [6, 6.07) is 13.1. The van der Waals surface area contributed by atoms with Crippen molar-refractivity contribution in [3.8, 4) is 34.3 Å². The Hall–Kier alpha value is -4.05. The summed E-state index contributed by atoms with van der Waals surface area (Å²) in [7, 11) is 0. The monoisotopic (exact) mass is 479 g/mol. The molecular formula is C25H23F2N5O3. The zero-order chi connectivity index (χ0) is 24.4. The van der Waals surface area contributed by atoms with Crippen LogP contribution in [0.5, 0.6) is 11.8 Å². The van der Waals surface area contributed by atoms with Gasteiger partial charge in [-0.3, -0.25) is 9.80 Å². The molecule has 0 unspecified atom stereocenters. The number of morpholine rings is 1. The van der Waals surface area contributed by atoms with Crippen LogP contribution >= 0.6 is 0 Å². The molecule has 35 heavy (non-hydrogen) atoms. The van der Waals surface area contributed by atoms with E-state index >= 15 is 0 Å². The molecule has 10 heteroatoms. The predicted octanol–water partition coefficient (Wildman–Crippen LogP) is 3.83. The molecule has 0 radical (unpaired) electrons. The van der Waals surface area contributed by atoms with Gasteiger partial charge in [-0.25, -0.2) is 18.4 Å². The van der Waals surface area contributed by atoms with Gasteiger partial charge in [0.15, 0.2) is 0 Å². The molecule has 1 aliphatic rings. The van der Waals surface area contributed by atoms with E-state index in [1.807, 2.05) is 16.7 Å². The Labute approximate surface area is 199 Å². The summed E-state index contributed by atoms with van der Waals surface area (Å²) in [6.45, 7) is 4.49. The van der Waals surface area contributed by atoms with Gasteiger partial charge >= 0.3 is 6.01 Å². The Bertz CT molecular complexity index is 1380. The Morgan fingerprint density at radius 3 is 2.29 bits per heavy atom. The SMILES string of the molecule is CCn1c(=O)c(-c2ccc(F)cc2)c(-c2ccnc(Oc3ccc(F)cc3)n2)n1N1CCOCC1. The molecule has 0 saturated carbocycles. The number of ether oxygens (including phenoxy) is 2. The third-order valence-electron chi connectivity index (χ3n) is 5.70. The van der Waals surface area contributed by atoms with E-state index in [1.54, 1.807) is 22.9 Å². The first-order chi connectivity index (χ1) is 17.0. The highest BCUT2D eigenvalue weighted by atomic mass is 19.1. The van der Waals surface area contributed by atoms with Crippen LogP contribution in [-0.4, -0.2) is 45.7 Å². The van der Waals surface area contributed by atoms with Crippen molar-refractivity contribution in [2.75, 3.05) is 31.3 Å². The minimum Gasteiger partial charge on any atom is -0.424 e. The standard InChI is InChI=1S/C25H23F2N5O3/c1-2-31-24(33)22(17-3-5-18(26)6-4-17)23(32(31)30-13-15-34-16-14-30)21-11-12-28-25(29-21)35-20-9-7-19(27)8-10-20/h3-12H,2,13-16H2,1H3. The summed E-state index contributed by atoms with van der Waals surface area (Å²) in [5, 5.41) is 2.03. The van der Waals surface area contributed by atoms with Crippen molar-refractivity contribution in [3.05, 3.63) is 82.8 Å². The second-order valence-corrected chi connectivity index (χ2v) is 7.89. The minimum atomic E-state index is -0.393. The minimum absolute atomic E-state index is 0.0457. The van der Waals surface area contributed by atoms with Crippen LogP contribution in [0, 0.1) is 11.6 Å². The first kappa shape index (κ1) is 22.7. The molecule has 2 aromatic heterocycles. The van der Waals surface area contributed by atoms with E-state index in [-0.39, 0.29) is 17.4 Å². The average molecular weight is 479 g/mol. The molecule has 5 rings (SSSR count). The molecule has 3 heterocycles. The Balaban J connectivity index is 1.68. The van der Waals surface area contributed by atoms with Crippen LogP contribution in [0.1, 0.15) is 6.92 Å². The van der Waals surface area contributed by atoms with Gasteiger partial charge in [-0.1, -0.05) is 12.1 Å². The van der Waals surface area contributed by atoms with E-state index in [9.17, 15) is 13.6 Å². The highest BCUT2D eigenvalue weighted by Crippen LogP contribution is 2.31. The van der Waals surface area contributed by atoms with Gasteiger partial charge in [0.1, 0.15) is 23.1 Å². The molecule has 180 valence electrons. The van der Waals surface area contributed by atoms with Crippen molar-refractivity contribution in [2.24, 2.45) is 0 Å². The molecule has 1 aliphatic heterocycles. The van der Waals surface area contributed by atoms with Crippen molar-refractivity contribution in [1.29, 1.82) is 0 Å². The number of hydrogen-bond donors (Lipinski definition) is 0. The van der Waals surface area contributed by atoms with E-state index in [1.165, 1.54) is 42.6 Å². The van der Waals surface area contributed by atoms with Gasteiger partial charge in [-0.05, 0) is 55.0 Å². The molecule has 4 aromatic rings. The van der Waals surface area contributed by atoms with Crippen molar-refractivity contribution >= 4 is 0 Å². The van der Waals surface area contributed by atoms with Crippen LogP contribution in [0.3, 0.4) is 0 Å². The van der Waals surface area contributed by atoms with E-state index in [0.29, 0.717) is 61.1 Å². The molecular weight excluding hydrogens is 456 g/mol. The topological polar surface area (TPSA) is 74.4 Å². The summed E-state index contributed by atoms with van der Waals surface area (Å²) in [5.74, 6) is -0.402. The largest absolute Gasteiger partial charge is 0.424 e. The van der Waals surface area contributed by atoms with Gasteiger partial charge in [-0.2, -0.15) is 9.77 Å². The van der Waals surface area contributed by atoms with E-state index in [2.05, 4.69) is 9.97 Å². The summed E-state index contributed by atoms with van der Waals surface area (Å²) < 4.78 is 39.8. The van der Waals surface area contributed by atoms with Crippen molar-refractivity contribution in [1.82, 2.24) is 19.4 Å². The molecule has 0 N–H and O–H groups in total. The van der Waals surface area contributed by atoms with Crippen LogP contribution in [0.25, 0.3) is 22.5 Å². The predicted molar refractivity (Wildman–Crippen MR) is 126 cm³/mol. The summed E-state index contributed by atoms with van der Waals surface area (Å²) >= 11 is 0. The Kier molecular flexibility index (Phi) is 6.28. The molecule has 8 nitrogen and oxygen atoms in total. The number of aromatic nitrogens is 4. The van der Waals surface area contributed by atoms with Gasteiger partial charge in [0.05, 0.1) is 37.6 Å². The van der Waals surface area contributed by atoms with E-state index in [0.717, 1.165) is 0 Å². The molecule has 0 bridgehead atoms. The van der Waals surface area contributed by atoms with Crippen LogP contribution in [-0.2, 0) is 11.3 Å². The Morgan fingerprint density at radius 1 is 0.971 bits per heavy atom. The number of benzene rings is 2. The lowest BCUT2D eigenvalue weighted by atomic mass is 10.0. The fourth-order valence-electron chi connectivity index (χ4n) is 4.09.